The van der Waals surface area contributed by atoms with E-state index in [1.54, 1.807) is 12.2 Å². The van der Waals surface area contributed by atoms with E-state index in [0.29, 0.717) is 6.42 Å². The number of nitrogens with zero attached hydrogens (tertiary/aromatic N) is 1. The Kier molecular flexibility index (Phi) is 1.64. The first-order valence-electron chi connectivity index (χ1n) is 2.76. The third kappa shape index (κ3) is 1.17. The fourth-order valence-electron chi connectivity index (χ4n) is 0.718. The van der Waals surface area contributed by atoms with Crippen molar-refractivity contribution in [1.82, 2.24) is 0 Å². The molecule has 1 aliphatic rings. The van der Waals surface area contributed by atoms with E-state index in [1.807, 2.05) is 6.07 Å². The maximum atomic E-state index is 12.4. The maximum Gasteiger partial charge on any atom is 0.117 e. The minimum absolute atomic E-state index is 0.319. The molecule has 0 aromatic carbocycles. The molecule has 0 aromatic heterocycles. The lowest BCUT2D eigenvalue weighted by Gasteiger charge is -2.04. The molecule has 0 saturated carbocycles. The molecule has 1 rings (SSSR count). The standard InChI is InChI=1S/C7H6FN/c8-7-4-2-1-3-6(7)5-9/h1-2,4,6H,3H2. The normalized spacial score (nSPS) is 24.9. The van der Waals surface area contributed by atoms with E-state index in [1.165, 1.54) is 6.08 Å². The minimum Gasteiger partial charge on any atom is -0.210 e. The van der Waals surface area contributed by atoms with Gasteiger partial charge >= 0.3 is 0 Å². The Balaban J connectivity index is 2.73. The van der Waals surface area contributed by atoms with Crippen LogP contribution in [0.15, 0.2) is 24.1 Å². The molecule has 0 aromatic rings. The van der Waals surface area contributed by atoms with Gasteiger partial charge in [0.05, 0.1) is 6.07 Å². The smallest absolute Gasteiger partial charge is 0.117 e. The molecule has 2 heteroatoms. The zero-order valence-corrected chi connectivity index (χ0v) is 4.84. The van der Waals surface area contributed by atoms with Crippen molar-refractivity contribution in [2.24, 2.45) is 5.92 Å². The predicted octanol–water partition coefficient (Wildman–Crippen LogP) is 1.94. The van der Waals surface area contributed by atoms with Gasteiger partial charge in [0.1, 0.15) is 11.7 Å². The summed E-state index contributed by atoms with van der Waals surface area (Å²) in [6.07, 6.45) is 5.26. The van der Waals surface area contributed by atoms with Gasteiger partial charge in [0, 0.05) is 0 Å². The van der Waals surface area contributed by atoms with Gasteiger partial charge in [0.25, 0.3) is 0 Å². The first kappa shape index (κ1) is 6.03. The fourth-order valence-corrected chi connectivity index (χ4v) is 0.718. The molecule has 1 nitrogen and oxygen atoms in total. The topological polar surface area (TPSA) is 23.8 Å². The molecule has 1 atom stereocenters. The van der Waals surface area contributed by atoms with Crippen LogP contribution in [0.2, 0.25) is 0 Å². The lowest BCUT2D eigenvalue weighted by Crippen LogP contribution is -1.97. The summed E-state index contributed by atoms with van der Waals surface area (Å²) in [7, 11) is 0. The highest BCUT2D eigenvalue weighted by molar-refractivity contribution is 5.20. The van der Waals surface area contributed by atoms with E-state index in [0.717, 1.165) is 0 Å². The molecule has 0 radical (unpaired) electrons. The van der Waals surface area contributed by atoms with Gasteiger partial charge in [-0.15, -0.1) is 0 Å². The highest BCUT2D eigenvalue weighted by atomic mass is 19.1. The molecule has 1 aliphatic carbocycles. The van der Waals surface area contributed by atoms with E-state index in [9.17, 15) is 4.39 Å². The molecule has 0 saturated heterocycles. The second-order valence-electron chi connectivity index (χ2n) is 1.90. The summed E-state index contributed by atoms with van der Waals surface area (Å²) >= 11 is 0. The van der Waals surface area contributed by atoms with Gasteiger partial charge in [0.15, 0.2) is 0 Å². The Labute approximate surface area is 53.1 Å². The minimum atomic E-state index is -0.532. The molecule has 0 fully saturated rings. The van der Waals surface area contributed by atoms with E-state index in [2.05, 4.69) is 0 Å². The summed E-state index contributed by atoms with van der Waals surface area (Å²) in [4.78, 5) is 0. The van der Waals surface area contributed by atoms with Crippen molar-refractivity contribution in [1.29, 1.82) is 5.26 Å². The first-order chi connectivity index (χ1) is 4.34. The summed E-state index contributed by atoms with van der Waals surface area (Å²) in [6.45, 7) is 0. The lowest BCUT2D eigenvalue weighted by molar-refractivity contribution is 0.529. The van der Waals surface area contributed by atoms with Gasteiger partial charge < -0.3 is 0 Å². The SMILES string of the molecule is N#CC1CC=CC=C1F. The monoisotopic (exact) mass is 123 g/mol. The van der Waals surface area contributed by atoms with Crippen LogP contribution >= 0.6 is 0 Å². The van der Waals surface area contributed by atoms with Gasteiger partial charge in [-0.2, -0.15) is 5.26 Å². The molecule has 1 unspecified atom stereocenters. The van der Waals surface area contributed by atoms with Gasteiger partial charge in [-0.05, 0) is 12.5 Å². The van der Waals surface area contributed by atoms with Crippen LogP contribution in [0.3, 0.4) is 0 Å². The molecular weight excluding hydrogens is 117 g/mol. The third-order valence-electron chi connectivity index (χ3n) is 1.25. The Morgan fingerprint density at radius 2 is 2.56 bits per heavy atom. The summed E-state index contributed by atoms with van der Waals surface area (Å²) < 4.78 is 12.4. The van der Waals surface area contributed by atoms with Crippen molar-refractivity contribution >= 4 is 0 Å². The van der Waals surface area contributed by atoms with Crippen LogP contribution in [0, 0.1) is 17.2 Å². The summed E-state index contributed by atoms with van der Waals surface area (Å²) in [6, 6.07) is 1.86. The highest BCUT2D eigenvalue weighted by Gasteiger charge is 2.12. The van der Waals surface area contributed by atoms with Crippen molar-refractivity contribution in [3.05, 3.63) is 24.1 Å². The Morgan fingerprint density at radius 1 is 1.78 bits per heavy atom. The second-order valence-corrected chi connectivity index (χ2v) is 1.90. The van der Waals surface area contributed by atoms with E-state index >= 15 is 0 Å². The van der Waals surface area contributed by atoms with Crippen LogP contribution < -0.4 is 0 Å². The van der Waals surface area contributed by atoms with Crippen molar-refractivity contribution in [2.45, 2.75) is 6.42 Å². The molecule has 0 heterocycles. The molecule has 0 spiro atoms. The van der Waals surface area contributed by atoms with Gasteiger partial charge in [-0.25, -0.2) is 4.39 Å². The Hall–Kier alpha value is -1.10. The van der Waals surface area contributed by atoms with E-state index in [-0.39, 0.29) is 5.83 Å². The zero-order chi connectivity index (χ0) is 6.69. The fraction of sp³-hybridized carbons (Fsp3) is 0.286. The van der Waals surface area contributed by atoms with Crippen molar-refractivity contribution in [3.8, 4) is 6.07 Å². The number of rotatable bonds is 0. The van der Waals surface area contributed by atoms with Gasteiger partial charge in [0.2, 0.25) is 0 Å². The number of hydrogen-bond acceptors (Lipinski definition) is 1. The maximum absolute atomic E-state index is 12.4. The second kappa shape index (κ2) is 2.45. The molecule has 0 bridgehead atoms. The summed E-state index contributed by atoms with van der Waals surface area (Å²) in [5.74, 6) is -0.852. The van der Waals surface area contributed by atoms with Gasteiger partial charge in [-0.1, -0.05) is 12.2 Å². The molecule has 0 amide bonds. The number of nitriles is 1. The number of halogens is 1. The average molecular weight is 123 g/mol. The molecule has 9 heavy (non-hydrogen) atoms. The van der Waals surface area contributed by atoms with Crippen LogP contribution in [0.1, 0.15) is 6.42 Å². The predicted molar refractivity (Wildman–Crippen MR) is 32.1 cm³/mol. The Morgan fingerprint density at radius 3 is 3.00 bits per heavy atom. The van der Waals surface area contributed by atoms with Crippen LogP contribution in [0.5, 0.6) is 0 Å². The highest BCUT2D eigenvalue weighted by Crippen LogP contribution is 2.19. The van der Waals surface area contributed by atoms with Crippen molar-refractivity contribution < 1.29 is 4.39 Å². The number of allylic oxidation sites excluding steroid dienone is 4. The van der Waals surface area contributed by atoms with Gasteiger partial charge in [-0.3, -0.25) is 0 Å². The van der Waals surface area contributed by atoms with Crippen molar-refractivity contribution in [3.63, 3.8) is 0 Å². The first-order valence-corrected chi connectivity index (χ1v) is 2.76. The van der Waals surface area contributed by atoms with Crippen LogP contribution in [-0.2, 0) is 0 Å². The zero-order valence-electron chi connectivity index (χ0n) is 4.84. The third-order valence-corrected chi connectivity index (χ3v) is 1.25. The molecule has 0 aliphatic heterocycles. The number of hydrogen-bond donors (Lipinski definition) is 0. The van der Waals surface area contributed by atoms with E-state index in [4.69, 9.17) is 5.26 Å². The van der Waals surface area contributed by atoms with Crippen LogP contribution in [0.4, 0.5) is 4.39 Å². The average Bonchev–Trinajstić information content (AvgIpc) is 1.89. The lowest BCUT2D eigenvalue weighted by atomic mass is 10.0. The quantitative estimate of drug-likeness (QED) is 0.483. The molecular formula is C7H6FN. The summed E-state index contributed by atoms with van der Waals surface area (Å²) in [5.41, 5.74) is 0. The van der Waals surface area contributed by atoms with E-state index < -0.39 is 5.92 Å². The van der Waals surface area contributed by atoms with Crippen molar-refractivity contribution in [2.75, 3.05) is 0 Å². The van der Waals surface area contributed by atoms with Crippen LogP contribution in [0.25, 0.3) is 0 Å². The largest absolute Gasteiger partial charge is 0.210 e. The molecule has 46 valence electrons. The van der Waals surface area contributed by atoms with Crippen LogP contribution in [-0.4, -0.2) is 0 Å². The summed E-state index contributed by atoms with van der Waals surface area (Å²) in [5, 5.41) is 8.30. The Bertz CT molecular complexity index is 197. The molecule has 0 N–H and O–H groups in total.